The van der Waals surface area contributed by atoms with Crippen LogP contribution in [-0.4, -0.2) is 29.4 Å². The molecule has 1 amide bonds. The lowest BCUT2D eigenvalue weighted by Crippen LogP contribution is -2.27. The molecule has 0 saturated carbocycles. The van der Waals surface area contributed by atoms with Crippen molar-refractivity contribution in [2.24, 2.45) is 0 Å². The van der Waals surface area contributed by atoms with Crippen LogP contribution in [0.5, 0.6) is 0 Å². The molecule has 1 saturated heterocycles. The third-order valence-electron chi connectivity index (χ3n) is 2.11. The van der Waals surface area contributed by atoms with Gasteiger partial charge in [-0.3, -0.25) is 9.78 Å². The van der Waals surface area contributed by atoms with Crippen molar-refractivity contribution in [2.45, 2.75) is 19.3 Å². The normalized spacial score (nSPS) is 15.3. The highest BCUT2D eigenvalue weighted by molar-refractivity contribution is 5.46. The largest absolute Gasteiger partial charge is 0.345 e. The number of aromatic nitrogens is 1. The number of nitrogens with zero attached hydrogens (tertiary/aromatic N) is 2. The van der Waals surface area contributed by atoms with E-state index in [1.165, 1.54) is 19.3 Å². The zero-order valence-corrected chi connectivity index (χ0v) is 8.30. The number of piperidine rings is 1. The van der Waals surface area contributed by atoms with E-state index in [1.54, 1.807) is 12.4 Å². The van der Waals surface area contributed by atoms with Crippen molar-refractivity contribution in [3.8, 4) is 0 Å². The number of carbonyl (C=O) groups excluding carboxylic acids is 1. The second-order valence-electron chi connectivity index (χ2n) is 3.23. The minimum Gasteiger partial charge on any atom is -0.345 e. The number of rotatable bonds is 1. The summed E-state index contributed by atoms with van der Waals surface area (Å²) in [5, 5.41) is 0. The first-order chi connectivity index (χ1) is 6.93. The number of amides is 1. The van der Waals surface area contributed by atoms with Gasteiger partial charge in [-0.2, -0.15) is 0 Å². The van der Waals surface area contributed by atoms with Crippen LogP contribution in [0.15, 0.2) is 30.6 Å². The topological polar surface area (TPSA) is 33.2 Å². The average Bonchev–Trinajstić information content (AvgIpc) is 2.33. The Balaban J connectivity index is 0.000000146. The molecule has 2 heterocycles. The minimum absolute atomic E-state index is 0.944. The molecular formula is C11H16N2O. The Bertz CT molecular complexity index is 206. The molecule has 1 aliphatic heterocycles. The van der Waals surface area contributed by atoms with Crippen LogP contribution >= 0.6 is 0 Å². The number of hydrogen-bond acceptors (Lipinski definition) is 2. The lowest BCUT2D eigenvalue weighted by molar-refractivity contribution is -0.118. The van der Waals surface area contributed by atoms with Gasteiger partial charge in [0.2, 0.25) is 6.41 Å². The van der Waals surface area contributed by atoms with Gasteiger partial charge in [0.25, 0.3) is 0 Å². The van der Waals surface area contributed by atoms with Crippen LogP contribution < -0.4 is 0 Å². The molecule has 14 heavy (non-hydrogen) atoms. The maximum atomic E-state index is 10.1. The predicted molar refractivity (Wildman–Crippen MR) is 55.7 cm³/mol. The van der Waals surface area contributed by atoms with Gasteiger partial charge < -0.3 is 4.90 Å². The maximum absolute atomic E-state index is 10.1. The summed E-state index contributed by atoms with van der Waals surface area (Å²) in [5.41, 5.74) is 0. The summed E-state index contributed by atoms with van der Waals surface area (Å²) in [4.78, 5) is 15.7. The quantitative estimate of drug-likeness (QED) is 0.635. The second-order valence-corrected chi connectivity index (χ2v) is 3.23. The van der Waals surface area contributed by atoms with Crippen LogP contribution in [0.3, 0.4) is 0 Å². The highest BCUT2D eigenvalue weighted by Gasteiger charge is 2.05. The number of hydrogen-bond donors (Lipinski definition) is 0. The minimum atomic E-state index is 0.944. The highest BCUT2D eigenvalue weighted by Crippen LogP contribution is 2.05. The third kappa shape index (κ3) is 4.60. The molecule has 0 spiro atoms. The van der Waals surface area contributed by atoms with Gasteiger partial charge in [0.1, 0.15) is 0 Å². The van der Waals surface area contributed by atoms with Crippen LogP contribution in [-0.2, 0) is 4.79 Å². The van der Waals surface area contributed by atoms with E-state index in [1.807, 2.05) is 23.1 Å². The Labute approximate surface area is 84.8 Å². The Morgan fingerprint density at radius 1 is 1.00 bits per heavy atom. The number of likely N-dealkylation sites (tertiary alicyclic amines) is 1. The summed E-state index contributed by atoms with van der Waals surface area (Å²) in [6.07, 6.45) is 8.13. The molecule has 0 N–H and O–H groups in total. The van der Waals surface area contributed by atoms with Gasteiger partial charge in [0.15, 0.2) is 0 Å². The Morgan fingerprint density at radius 3 is 1.93 bits per heavy atom. The summed E-state index contributed by atoms with van der Waals surface area (Å²) in [7, 11) is 0. The molecule has 1 fully saturated rings. The first kappa shape index (κ1) is 10.7. The molecule has 2 rings (SSSR count). The first-order valence-electron chi connectivity index (χ1n) is 4.98. The van der Waals surface area contributed by atoms with Crippen molar-refractivity contribution in [2.75, 3.05) is 13.1 Å². The van der Waals surface area contributed by atoms with Gasteiger partial charge >= 0.3 is 0 Å². The van der Waals surface area contributed by atoms with Crippen molar-refractivity contribution >= 4 is 6.41 Å². The molecule has 0 radical (unpaired) electrons. The molecule has 76 valence electrons. The summed E-state index contributed by atoms with van der Waals surface area (Å²) in [5.74, 6) is 0. The van der Waals surface area contributed by atoms with Gasteiger partial charge in [-0.15, -0.1) is 0 Å². The van der Waals surface area contributed by atoms with E-state index in [-0.39, 0.29) is 0 Å². The van der Waals surface area contributed by atoms with Gasteiger partial charge in [0, 0.05) is 25.5 Å². The third-order valence-corrected chi connectivity index (χ3v) is 2.11. The van der Waals surface area contributed by atoms with Crippen molar-refractivity contribution in [1.29, 1.82) is 0 Å². The summed E-state index contributed by atoms with van der Waals surface area (Å²) < 4.78 is 0. The number of pyridine rings is 1. The van der Waals surface area contributed by atoms with Gasteiger partial charge in [0.05, 0.1) is 0 Å². The molecule has 1 aromatic rings. The molecule has 3 nitrogen and oxygen atoms in total. The molecule has 0 bridgehead atoms. The molecule has 1 aromatic heterocycles. The van der Waals surface area contributed by atoms with E-state index in [2.05, 4.69) is 4.98 Å². The van der Waals surface area contributed by atoms with Crippen molar-refractivity contribution in [1.82, 2.24) is 9.88 Å². The monoisotopic (exact) mass is 192 g/mol. The van der Waals surface area contributed by atoms with E-state index >= 15 is 0 Å². The lowest BCUT2D eigenvalue weighted by Gasteiger charge is -2.21. The molecular weight excluding hydrogens is 176 g/mol. The smallest absolute Gasteiger partial charge is 0.209 e. The zero-order chi connectivity index (χ0) is 10.1. The molecule has 0 aromatic carbocycles. The van der Waals surface area contributed by atoms with Crippen LogP contribution in [0.4, 0.5) is 0 Å². The molecule has 3 heteroatoms. The van der Waals surface area contributed by atoms with E-state index in [0.29, 0.717) is 0 Å². The molecule has 0 atom stereocenters. The standard InChI is InChI=1S/C6H11NO.C5H5N/c8-6-7-4-2-1-3-5-7;1-2-4-6-5-3-1/h6H,1-5H2;1-5H. The Hall–Kier alpha value is -1.38. The molecule has 0 aliphatic carbocycles. The van der Waals surface area contributed by atoms with Gasteiger partial charge in [-0.05, 0) is 31.4 Å². The van der Waals surface area contributed by atoms with Crippen molar-refractivity contribution < 1.29 is 4.79 Å². The predicted octanol–water partition coefficient (Wildman–Crippen LogP) is 1.71. The van der Waals surface area contributed by atoms with Crippen molar-refractivity contribution in [3.05, 3.63) is 30.6 Å². The van der Waals surface area contributed by atoms with Crippen LogP contribution in [0.2, 0.25) is 0 Å². The second kappa shape index (κ2) is 7.06. The summed E-state index contributed by atoms with van der Waals surface area (Å²) in [6.45, 7) is 1.95. The summed E-state index contributed by atoms with van der Waals surface area (Å²) >= 11 is 0. The van der Waals surface area contributed by atoms with E-state index in [0.717, 1.165) is 19.5 Å². The van der Waals surface area contributed by atoms with Crippen LogP contribution in [0.25, 0.3) is 0 Å². The molecule has 1 aliphatic rings. The fraction of sp³-hybridized carbons (Fsp3) is 0.455. The van der Waals surface area contributed by atoms with Crippen molar-refractivity contribution in [3.63, 3.8) is 0 Å². The average molecular weight is 192 g/mol. The zero-order valence-electron chi connectivity index (χ0n) is 8.30. The van der Waals surface area contributed by atoms with Gasteiger partial charge in [-0.1, -0.05) is 6.07 Å². The van der Waals surface area contributed by atoms with Crippen LogP contribution in [0, 0.1) is 0 Å². The summed E-state index contributed by atoms with van der Waals surface area (Å²) in [6, 6.07) is 5.72. The SMILES string of the molecule is O=CN1CCCCC1.c1ccncc1. The van der Waals surface area contributed by atoms with Crippen LogP contribution in [0.1, 0.15) is 19.3 Å². The maximum Gasteiger partial charge on any atom is 0.209 e. The Morgan fingerprint density at radius 2 is 1.64 bits per heavy atom. The van der Waals surface area contributed by atoms with E-state index in [4.69, 9.17) is 0 Å². The lowest BCUT2D eigenvalue weighted by atomic mass is 10.1. The van der Waals surface area contributed by atoms with E-state index < -0.39 is 0 Å². The highest BCUT2D eigenvalue weighted by atomic mass is 16.1. The van der Waals surface area contributed by atoms with E-state index in [9.17, 15) is 4.79 Å². The Kier molecular flexibility index (Phi) is 5.40. The fourth-order valence-electron chi connectivity index (χ4n) is 1.34. The first-order valence-corrected chi connectivity index (χ1v) is 4.98. The van der Waals surface area contributed by atoms with Gasteiger partial charge in [-0.25, -0.2) is 0 Å². The fourth-order valence-corrected chi connectivity index (χ4v) is 1.34. The molecule has 0 unspecified atom stereocenters. The number of carbonyl (C=O) groups is 1.